The van der Waals surface area contributed by atoms with E-state index in [1.807, 2.05) is 0 Å². The first-order valence-electron chi connectivity index (χ1n) is 6.15. The van der Waals surface area contributed by atoms with Gasteiger partial charge in [0.1, 0.15) is 5.15 Å². The van der Waals surface area contributed by atoms with Crippen molar-refractivity contribution in [3.63, 3.8) is 0 Å². The number of carbonyl (C=O) groups is 1. The molecule has 1 N–H and O–H groups in total. The summed E-state index contributed by atoms with van der Waals surface area (Å²) in [5, 5.41) is 2.67. The van der Waals surface area contributed by atoms with Crippen molar-refractivity contribution in [3.05, 3.63) is 62.9 Å². The van der Waals surface area contributed by atoms with Gasteiger partial charge in [-0.05, 0) is 23.8 Å². The first kappa shape index (κ1) is 17.4. The minimum atomic E-state index is -4.40. The molecule has 2 rings (SSSR count). The van der Waals surface area contributed by atoms with Crippen LogP contribution in [0.15, 0.2) is 35.4 Å². The highest BCUT2D eigenvalue weighted by molar-refractivity contribution is 6.35. The standard InChI is InChI=1S/C14H8Cl2F3N3O/c15-10-6-9(13(23)22-20)12(16)21-11(10)5-7-1-3-8(4-2-7)14(17,18)19/h1-4,6,20H,5H2. The summed E-state index contributed by atoms with van der Waals surface area (Å²) in [6, 6.07) is 5.78. The van der Waals surface area contributed by atoms with Crippen LogP contribution in [0.25, 0.3) is 0 Å². The number of hydrogen-bond donors (Lipinski definition) is 1. The van der Waals surface area contributed by atoms with Crippen molar-refractivity contribution in [2.45, 2.75) is 12.6 Å². The van der Waals surface area contributed by atoms with Gasteiger partial charge in [0.2, 0.25) is 0 Å². The van der Waals surface area contributed by atoms with Crippen molar-refractivity contribution in [3.8, 4) is 0 Å². The molecule has 0 atom stereocenters. The van der Waals surface area contributed by atoms with Gasteiger partial charge in [-0.2, -0.15) is 13.2 Å². The average Bonchev–Trinajstić information content (AvgIpc) is 2.49. The zero-order valence-electron chi connectivity index (χ0n) is 11.3. The van der Waals surface area contributed by atoms with Gasteiger partial charge >= 0.3 is 6.18 Å². The second-order valence-corrected chi connectivity index (χ2v) is 5.31. The molecule has 1 aromatic heterocycles. The highest BCUT2D eigenvalue weighted by Gasteiger charge is 2.29. The van der Waals surface area contributed by atoms with Crippen LogP contribution in [0.5, 0.6) is 0 Å². The van der Waals surface area contributed by atoms with Crippen molar-refractivity contribution in [1.29, 1.82) is 5.53 Å². The molecule has 1 heterocycles. The molecular weight excluding hydrogens is 354 g/mol. The Morgan fingerprint density at radius 2 is 1.83 bits per heavy atom. The molecule has 23 heavy (non-hydrogen) atoms. The number of amides is 1. The number of rotatable bonds is 3. The lowest BCUT2D eigenvalue weighted by Crippen LogP contribution is -2.05. The third-order valence-electron chi connectivity index (χ3n) is 2.99. The van der Waals surface area contributed by atoms with E-state index < -0.39 is 17.6 Å². The van der Waals surface area contributed by atoms with Crippen LogP contribution in [-0.4, -0.2) is 10.9 Å². The Morgan fingerprint density at radius 3 is 2.35 bits per heavy atom. The van der Waals surface area contributed by atoms with Gasteiger partial charge in [0.15, 0.2) is 0 Å². The number of carbonyl (C=O) groups excluding carboxylic acids is 1. The van der Waals surface area contributed by atoms with Crippen LogP contribution in [0.2, 0.25) is 10.2 Å². The van der Waals surface area contributed by atoms with Crippen LogP contribution >= 0.6 is 23.2 Å². The predicted molar refractivity (Wildman–Crippen MR) is 78.0 cm³/mol. The Kier molecular flexibility index (Phi) is 5.01. The Morgan fingerprint density at radius 1 is 1.22 bits per heavy atom. The van der Waals surface area contributed by atoms with Gasteiger partial charge in [-0.1, -0.05) is 35.3 Å². The van der Waals surface area contributed by atoms with Gasteiger partial charge in [0.25, 0.3) is 5.91 Å². The third-order valence-corrected chi connectivity index (χ3v) is 3.60. The molecule has 0 spiro atoms. The quantitative estimate of drug-likeness (QED) is 0.605. The fourth-order valence-corrected chi connectivity index (χ4v) is 2.30. The molecule has 0 aliphatic carbocycles. The average molecular weight is 362 g/mol. The zero-order chi connectivity index (χ0) is 17.2. The molecule has 4 nitrogen and oxygen atoms in total. The lowest BCUT2D eigenvalue weighted by atomic mass is 10.1. The van der Waals surface area contributed by atoms with Crippen LogP contribution in [0.3, 0.4) is 0 Å². The fourth-order valence-electron chi connectivity index (χ4n) is 1.84. The minimum absolute atomic E-state index is 0.108. The summed E-state index contributed by atoms with van der Waals surface area (Å²) in [6.45, 7) is 0. The Balaban J connectivity index is 2.28. The molecule has 0 saturated heterocycles. The molecule has 9 heteroatoms. The normalized spacial score (nSPS) is 11.3. The Bertz CT molecular complexity index is 761. The second-order valence-electron chi connectivity index (χ2n) is 4.54. The summed E-state index contributed by atoms with van der Waals surface area (Å²) in [4.78, 5) is 15.3. The van der Waals surface area contributed by atoms with Crippen molar-refractivity contribution in [2.75, 3.05) is 0 Å². The van der Waals surface area contributed by atoms with E-state index in [9.17, 15) is 18.0 Å². The van der Waals surface area contributed by atoms with Crippen LogP contribution < -0.4 is 0 Å². The molecule has 0 aliphatic rings. The molecule has 120 valence electrons. The fraction of sp³-hybridized carbons (Fsp3) is 0.143. The van der Waals surface area contributed by atoms with E-state index in [1.54, 1.807) is 0 Å². The van der Waals surface area contributed by atoms with E-state index >= 15 is 0 Å². The lowest BCUT2D eigenvalue weighted by Gasteiger charge is -2.09. The van der Waals surface area contributed by atoms with E-state index in [-0.39, 0.29) is 22.2 Å². The molecule has 1 amide bonds. The van der Waals surface area contributed by atoms with Crippen LogP contribution in [0, 0.1) is 5.53 Å². The summed E-state index contributed by atoms with van der Waals surface area (Å²) < 4.78 is 37.5. The molecule has 0 radical (unpaired) electrons. The number of pyridine rings is 1. The van der Waals surface area contributed by atoms with Crippen molar-refractivity contribution < 1.29 is 18.0 Å². The Labute approximate surface area is 138 Å². The number of hydrogen-bond acceptors (Lipinski definition) is 3. The summed E-state index contributed by atoms with van der Waals surface area (Å²) in [7, 11) is 0. The van der Waals surface area contributed by atoms with E-state index in [4.69, 9.17) is 28.7 Å². The SMILES string of the molecule is N=NC(=O)c1cc(Cl)c(Cc2ccc(C(F)(F)F)cc2)nc1Cl. The molecule has 1 aromatic carbocycles. The lowest BCUT2D eigenvalue weighted by molar-refractivity contribution is -0.137. The number of aromatic nitrogens is 1. The van der Waals surface area contributed by atoms with Crippen molar-refractivity contribution >= 4 is 29.1 Å². The van der Waals surface area contributed by atoms with E-state index in [0.29, 0.717) is 11.3 Å². The van der Waals surface area contributed by atoms with Gasteiger partial charge in [-0.3, -0.25) is 4.79 Å². The van der Waals surface area contributed by atoms with Gasteiger partial charge in [0, 0.05) is 6.42 Å². The maximum Gasteiger partial charge on any atom is 0.416 e. The Hall–Kier alpha value is -1.99. The van der Waals surface area contributed by atoms with Crippen LogP contribution in [0.4, 0.5) is 13.2 Å². The topological polar surface area (TPSA) is 66.2 Å². The molecular formula is C14H8Cl2F3N3O. The number of alkyl halides is 3. The van der Waals surface area contributed by atoms with Crippen molar-refractivity contribution in [2.24, 2.45) is 5.11 Å². The first-order chi connectivity index (χ1) is 10.7. The molecule has 0 saturated carbocycles. The summed E-state index contributed by atoms with van der Waals surface area (Å²) in [5.74, 6) is -0.884. The number of benzene rings is 1. The minimum Gasteiger partial charge on any atom is -0.265 e. The summed E-state index contributed by atoms with van der Waals surface area (Å²) >= 11 is 11.8. The summed E-state index contributed by atoms with van der Waals surface area (Å²) in [5.41, 5.74) is 6.66. The number of nitrogens with one attached hydrogen (secondary N) is 1. The van der Waals surface area contributed by atoms with Gasteiger partial charge in [0.05, 0.1) is 21.8 Å². The largest absolute Gasteiger partial charge is 0.416 e. The third kappa shape index (κ3) is 4.05. The molecule has 0 aliphatic heterocycles. The zero-order valence-corrected chi connectivity index (χ0v) is 12.8. The first-order valence-corrected chi connectivity index (χ1v) is 6.91. The smallest absolute Gasteiger partial charge is 0.265 e. The van der Waals surface area contributed by atoms with Gasteiger partial charge in [-0.15, -0.1) is 5.11 Å². The van der Waals surface area contributed by atoms with Crippen LogP contribution in [0.1, 0.15) is 27.2 Å². The van der Waals surface area contributed by atoms with Crippen molar-refractivity contribution in [1.82, 2.24) is 4.98 Å². The number of halogens is 5. The number of nitrogens with zero attached hydrogens (tertiary/aromatic N) is 2. The molecule has 0 bridgehead atoms. The van der Waals surface area contributed by atoms with E-state index in [2.05, 4.69) is 10.1 Å². The highest BCUT2D eigenvalue weighted by atomic mass is 35.5. The van der Waals surface area contributed by atoms with E-state index in [0.717, 1.165) is 12.1 Å². The molecule has 0 fully saturated rings. The summed E-state index contributed by atoms with van der Waals surface area (Å²) in [6.07, 6.45) is -4.26. The molecule has 0 unspecified atom stereocenters. The predicted octanol–water partition coefficient (Wildman–Crippen LogP) is 5.17. The van der Waals surface area contributed by atoms with Gasteiger partial charge < -0.3 is 0 Å². The molecule has 2 aromatic rings. The second kappa shape index (κ2) is 6.64. The highest BCUT2D eigenvalue weighted by Crippen LogP contribution is 2.30. The monoisotopic (exact) mass is 361 g/mol. The maximum atomic E-state index is 12.5. The van der Waals surface area contributed by atoms with Gasteiger partial charge in [-0.25, -0.2) is 10.5 Å². The van der Waals surface area contributed by atoms with E-state index in [1.165, 1.54) is 18.2 Å². The maximum absolute atomic E-state index is 12.5. The van der Waals surface area contributed by atoms with Crippen LogP contribution in [-0.2, 0) is 12.6 Å².